The molecule has 0 amide bonds. The van der Waals surface area contributed by atoms with E-state index in [2.05, 4.69) is 20.8 Å². The lowest BCUT2D eigenvalue weighted by molar-refractivity contribution is 0.392. The van der Waals surface area contributed by atoms with Gasteiger partial charge in [0.05, 0.1) is 0 Å². The van der Waals surface area contributed by atoms with Crippen LogP contribution in [0.1, 0.15) is 161 Å². The average molecular weight is 393 g/mol. The highest BCUT2D eigenvalue weighted by Gasteiger charge is 2.06. The Morgan fingerprint density at radius 3 is 0.893 bits per heavy atom. The predicted octanol–water partition coefficient (Wildman–Crippen LogP) is 10.7. The first kappa shape index (κ1) is 28.0. The summed E-state index contributed by atoms with van der Waals surface area (Å²) in [6.07, 6.45) is 34.1. The standard InChI is InChI=1S/C28H56/c1-4-7-9-11-13-15-16-17-18-19-21-23-25-27-28(6-3)26-24-22-20-14-12-10-8-5-2/h28H,1-2,4-27H2,3H3. The molecule has 168 valence electrons. The van der Waals surface area contributed by atoms with Gasteiger partial charge in [0.1, 0.15) is 0 Å². The normalized spacial score (nSPS) is 12.5. The van der Waals surface area contributed by atoms with Crippen molar-refractivity contribution < 1.29 is 0 Å². The van der Waals surface area contributed by atoms with Crippen LogP contribution in [0.25, 0.3) is 0 Å². The summed E-state index contributed by atoms with van der Waals surface area (Å²) in [5.74, 6) is 1.01. The van der Waals surface area contributed by atoms with Crippen molar-refractivity contribution in [2.75, 3.05) is 0 Å². The molecule has 0 aliphatic rings. The molecule has 0 N–H and O–H groups in total. The van der Waals surface area contributed by atoms with Gasteiger partial charge in [-0.25, -0.2) is 0 Å². The summed E-state index contributed by atoms with van der Waals surface area (Å²) >= 11 is 0. The van der Waals surface area contributed by atoms with Gasteiger partial charge in [0, 0.05) is 0 Å². The van der Waals surface area contributed by atoms with Gasteiger partial charge >= 0.3 is 0 Å². The zero-order valence-electron chi connectivity index (χ0n) is 20.0. The van der Waals surface area contributed by atoms with Gasteiger partial charge < -0.3 is 0 Å². The van der Waals surface area contributed by atoms with Gasteiger partial charge in [-0.3, -0.25) is 0 Å². The Kier molecular flexibility index (Phi) is 25.0. The molecule has 0 aliphatic carbocycles. The first-order chi connectivity index (χ1) is 13.8. The summed E-state index contributed by atoms with van der Waals surface area (Å²) in [7, 11) is 0. The molecule has 0 aromatic carbocycles. The predicted molar refractivity (Wildman–Crippen MR) is 131 cm³/mol. The first-order valence-electron chi connectivity index (χ1n) is 13.4. The second-order valence-corrected chi connectivity index (χ2v) is 9.28. The number of rotatable bonds is 24. The topological polar surface area (TPSA) is 0 Å². The van der Waals surface area contributed by atoms with E-state index < -0.39 is 0 Å². The lowest BCUT2D eigenvalue weighted by Crippen LogP contribution is -1.99. The van der Waals surface area contributed by atoms with Crippen LogP contribution in [0, 0.1) is 19.8 Å². The first-order valence-corrected chi connectivity index (χ1v) is 13.4. The second kappa shape index (κ2) is 25.0. The summed E-state index contributed by atoms with van der Waals surface area (Å²) in [6, 6.07) is 0. The van der Waals surface area contributed by atoms with Crippen molar-refractivity contribution in [2.24, 2.45) is 5.92 Å². The van der Waals surface area contributed by atoms with Crippen LogP contribution in [0.3, 0.4) is 0 Å². The summed E-state index contributed by atoms with van der Waals surface area (Å²) < 4.78 is 0. The van der Waals surface area contributed by atoms with E-state index in [1.165, 1.54) is 141 Å². The van der Waals surface area contributed by atoms with E-state index in [4.69, 9.17) is 0 Å². The zero-order valence-corrected chi connectivity index (χ0v) is 20.0. The molecular formula is C28H56. The molecule has 0 aromatic rings. The lowest BCUT2D eigenvalue weighted by atomic mass is 9.92. The van der Waals surface area contributed by atoms with Gasteiger partial charge in [-0.15, -0.1) is 0 Å². The Morgan fingerprint density at radius 2 is 0.643 bits per heavy atom. The lowest BCUT2D eigenvalue weighted by Gasteiger charge is -2.14. The quantitative estimate of drug-likeness (QED) is 0.143. The molecule has 0 spiro atoms. The van der Waals surface area contributed by atoms with Crippen LogP contribution in [0.15, 0.2) is 0 Å². The minimum atomic E-state index is 1.01. The van der Waals surface area contributed by atoms with E-state index in [-0.39, 0.29) is 0 Å². The molecule has 0 nitrogen and oxygen atoms in total. The molecule has 0 heterocycles. The molecule has 0 aromatic heterocycles. The molecule has 1 atom stereocenters. The van der Waals surface area contributed by atoms with Crippen LogP contribution >= 0.6 is 0 Å². The number of unbranched alkanes of at least 4 members (excludes halogenated alkanes) is 19. The minimum absolute atomic E-state index is 1.01. The molecular weight excluding hydrogens is 336 g/mol. The Morgan fingerprint density at radius 1 is 0.393 bits per heavy atom. The van der Waals surface area contributed by atoms with E-state index in [0.717, 1.165) is 18.8 Å². The maximum absolute atomic E-state index is 3.93. The molecule has 28 heavy (non-hydrogen) atoms. The van der Waals surface area contributed by atoms with Gasteiger partial charge in [0.2, 0.25) is 0 Å². The highest BCUT2D eigenvalue weighted by atomic mass is 14.1. The maximum atomic E-state index is 3.93. The molecule has 0 saturated carbocycles. The van der Waals surface area contributed by atoms with Crippen molar-refractivity contribution >= 4 is 0 Å². The Bertz CT molecular complexity index is 257. The van der Waals surface area contributed by atoms with Crippen molar-refractivity contribution in [3.8, 4) is 0 Å². The van der Waals surface area contributed by atoms with Crippen molar-refractivity contribution in [1.82, 2.24) is 0 Å². The van der Waals surface area contributed by atoms with E-state index in [1.807, 2.05) is 0 Å². The van der Waals surface area contributed by atoms with Crippen LogP contribution in [0.5, 0.6) is 0 Å². The third kappa shape index (κ3) is 22.3. The minimum Gasteiger partial charge on any atom is -0.0651 e. The fraction of sp³-hybridized carbons (Fsp3) is 0.929. The van der Waals surface area contributed by atoms with Crippen molar-refractivity contribution in [3.63, 3.8) is 0 Å². The van der Waals surface area contributed by atoms with Gasteiger partial charge in [0.25, 0.3) is 0 Å². The molecule has 0 rings (SSSR count). The van der Waals surface area contributed by atoms with Crippen LogP contribution in [0.4, 0.5) is 0 Å². The molecule has 0 fully saturated rings. The third-order valence-electron chi connectivity index (χ3n) is 6.55. The van der Waals surface area contributed by atoms with E-state index >= 15 is 0 Å². The fourth-order valence-corrected chi connectivity index (χ4v) is 4.42. The average Bonchev–Trinajstić information content (AvgIpc) is 2.71. The molecule has 0 aliphatic heterocycles. The zero-order chi connectivity index (χ0) is 20.5. The largest absolute Gasteiger partial charge is 0.0651 e. The monoisotopic (exact) mass is 392 g/mol. The maximum Gasteiger partial charge on any atom is -0.0417 e. The van der Waals surface area contributed by atoms with Crippen molar-refractivity contribution in [2.45, 2.75) is 161 Å². The third-order valence-corrected chi connectivity index (χ3v) is 6.55. The van der Waals surface area contributed by atoms with Crippen LogP contribution < -0.4 is 0 Å². The highest BCUT2D eigenvalue weighted by molar-refractivity contribution is 4.59. The van der Waals surface area contributed by atoms with Crippen LogP contribution in [-0.2, 0) is 0 Å². The number of hydrogen-bond donors (Lipinski definition) is 0. The molecule has 0 saturated heterocycles. The highest BCUT2D eigenvalue weighted by Crippen LogP contribution is 2.22. The fourth-order valence-electron chi connectivity index (χ4n) is 4.42. The van der Waals surface area contributed by atoms with E-state index in [1.54, 1.807) is 0 Å². The Hall–Kier alpha value is 0. The summed E-state index contributed by atoms with van der Waals surface area (Å²) in [4.78, 5) is 0. The molecule has 0 bridgehead atoms. The van der Waals surface area contributed by atoms with Crippen LogP contribution in [0.2, 0.25) is 0 Å². The summed E-state index contributed by atoms with van der Waals surface area (Å²) in [6.45, 7) is 10.2. The van der Waals surface area contributed by atoms with Gasteiger partial charge in [0.15, 0.2) is 0 Å². The second-order valence-electron chi connectivity index (χ2n) is 9.28. The Balaban J connectivity index is 3.25. The van der Waals surface area contributed by atoms with Crippen molar-refractivity contribution in [3.05, 3.63) is 13.8 Å². The molecule has 2 radical (unpaired) electrons. The van der Waals surface area contributed by atoms with Gasteiger partial charge in [-0.05, 0) is 5.92 Å². The van der Waals surface area contributed by atoms with Gasteiger partial charge in [-0.2, -0.15) is 0 Å². The summed E-state index contributed by atoms with van der Waals surface area (Å²) in [5.41, 5.74) is 0. The van der Waals surface area contributed by atoms with Crippen molar-refractivity contribution in [1.29, 1.82) is 0 Å². The van der Waals surface area contributed by atoms with Crippen LogP contribution in [-0.4, -0.2) is 0 Å². The smallest absolute Gasteiger partial charge is 0.0417 e. The number of hydrogen-bond acceptors (Lipinski definition) is 0. The Labute approximate surface area is 181 Å². The molecule has 1 unspecified atom stereocenters. The molecule has 0 heteroatoms. The van der Waals surface area contributed by atoms with E-state index in [9.17, 15) is 0 Å². The SMILES string of the molecule is [CH2]CCCCCCCCCCCCCCC(CC)CCCCCCCCC[CH2]. The summed E-state index contributed by atoms with van der Waals surface area (Å²) in [5, 5.41) is 0. The van der Waals surface area contributed by atoms with Gasteiger partial charge in [-0.1, -0.05) is 175 Å². The van der Waals surface area contributed by atoms with E-state index in [0.29, 0.717) is 0 Å².